The van der Waals surface area contributed by atoms with Crippen LogP contribution in [0.1, 0.15) is 26.3 Å². The zero-order valence-electron chi connectivity index (χ0n) is 12.3. The van der Waals surface area contributed by atoms with E-state index in [0.29, 0.717) is 22.4 Å². The Balaban J connectivity index is 1.74. The van der Waals surface area contributed by atoms with Gasteiger partial charge in [-0.05, 0) is 24.3 Å². The van der Waals surface area contributed by atoms with Crippen molar-refractivity contribution >= 4 is 11.8 Å². The first kappa shape index (κ1) is 14.7. The SMILES string of the molecule is O=C(Oc1ccccc1)c1ccc(C(=O)c2ccccc2)cc1. The number of esters is 1. The molecule has 0 radical (unpaired) electrons. The van der Waals surface area contributed by atoms with Gasteiger partial charge in [0.1, 0.15) is 5.75 Å². The average molecular weight is 302 g/mol. The molecule has 23 heavy (non-hydrogen) atoms. The molecule has 0 N–H and O–H groups in total. The van der Waals surface area contributed by atoms with Crippen LogP contribution in [0.25, 0.3) is 0 Å². The van der Waals surface area contributed by atoms with Crippen molar-refractivity contribution in [1.29, 1.82) is 0 Å². The summed E-state index contributed by atoms with van der Waals surface area (Å²) in [5, 5.41) is 0. The van der Waals surface area contributed by atoms with Crippen LogP contribution in [0.5, 0.6) is 5.75 Å². The first-order chi connectivity index (χ1) is 11.2. The maximum absolute atomic E-state index is 12.3. The predicted octanol–water partition coefficient (Wildman–Crippen LogP) is 4.14. The van der Waals surface area contributed by atoms with Gasteiger partial charge < -0.3 is 4.74 Å². The second-order valence-electron chi connectivity index (χ2n) is 4.98. The molecule has 3 heteroatoms. The third kappa shape index (κ3) is 3.52. The van der Waals surface area contributed by atoms with Crippen molar-refractivity contribution < 1.29 is 14.3 Å². The van der Waals surface area contributed by atoms with E-state index in [-0.39, 0.29) is 5.78 Å². The third-order valence-corrected chi connectivity index (χ3v) is 3.37. The van der Waals surface area contributed by atoms with Gasteiger partial charge in [-0.3, -0.25) is 4.79 Å². The number of benzene rings is 3. The minimum Gasteiger partial charge on any atom is -0.423 e. The fraction of sp³-hybridized carbons (Fsp3) is 0. The summed E-state index contributed by atoms with van der Waals surface area (Å²) < 4.78 is 5.26. The number of carbonyl (C=O) groups excluding carboxylic acids is 2. The molecular weight excluding hydrogens is 288 g/mol. The molecule has 0 saturated carbocycles. The highest BCUT2D eigenvalue weighted by Gasteiger charge is 2.12. The summed E-state index contributed by atoms with van der Waals surface area (Å²) in [6, 6.07) is 24.4. The molecule has 0 spiro atoms. The molecule has 0 aliphatic heterocycles. The molecule has 3 rings (SSSR count). The minimum atomic E-state index is -0.449. The molecule has 0 bridgehead atoms. The highest BCUT2D eigenvalue weighted by molar-refractivity contribution is 6.09. The molecule has 0 fully saturated rings. The molecule has 0 amide bonds. The lowest BCUT2D eigenvalue weighted by Crippen LogP contribution is -2.09. The van der Waals surface area contributed by atoms with Crippen LogP contribution in [0.2, 0.25) is 0 Å². The Kier molecular flexibility index (Phi) is 4.29. The Bertz CT molecular complexity index is 807. The smallest absolute Gasteiger partial charge is 0.343 e. The highest BCUT2D eigenvalue weighted by Crippen LogP contribution is 2.14. The van der Waals surface area contributed by atoms with E-state index in [2.05, 4.69) is 0 Å². The molecule has 0 atom stereocenters. The second kappa shape index (κ2) is 6.71. The monoisotopic (exact) mass is 302 g/mol. The van der Waals surface area contributed by atoms with E-state index in [1.807, 2.05) is 24.3 Å². The number of ether oxygens (including phenoxy) is 1. The van der Waals surface area contributed by atoms with Gasteiger partial charge in [-0.1, -0.05) is 60.7 Å². The van der Waals surface area contributed by atoms with E-state index in [1.165, 1.54) is 0 Å². The zero-order chi connectivity index (χ0) is 16.1. The summed E-state index contributed by atoms with van der Waals surface area (Å²) in [5.74, 6) is -0.0366. The molecule has 3 aromatic carbocycles. The van der Waals surface area contributed by atoms with Crippen molar-refractivity contribution in [3.05, 3.63) is 102 Å². The number of hydrogen-bond donors (Lipinski definition) is 0. The normalized spacial score (nSPS) is 10.1. The molecule has 0 saturated heterocycles. The first-order valence-corrected chi connectivity index (χ1v) is 7.21. The van der Waals surface area contributed by atoms with E-state index < -0.39 is 5.97 Å². The van der Waals surface area contributed by atoms with Crippen molar-refractivity contribution in [2.45, 2.75) is 0 Å². The number of ketones is 1. The fourth-order valence-electron chi connectivity index (χ4n) is 2.17. The summed E-state index contributed by atoms with van der Waals surface area (Å²) >= 11 is 0. The van der Waals surface area contributed by atoms with Crippen molar-refractivity contribution in [3.8, 4) is 5.75 Å². The van der Waals surface area contributed by atoms with E-state index in [4.69, 9.17) is 4.74 Å². The number of para-hydroxylation sites is 1. The Labute approximate surface area is 134 Å². The zero-order valence-corrected chi connectivity index (χ0v) is 12.3. The third-order valence-electron chi connectivity index (χ3n) is 3.37. The highest BCUT2D eigenvalue weighted by atomic mass is 16.5. The Morgan fingerprint density at radius 1 is 0.565 bits per heavy atom. The largest absolute Gasteiger partial charge is 0.423 e. The van der Waals surface area contributed by atoms with Crippen LogP contribution < -0.4 is 4.74 Å². The molecule has 3 aromatic rings. The maximum Gasteiger partial charge on any atom is 0.343 e. The standard InChI is InChI=1S/C20H14O3/c21-19(15-7-3-1-4-8-15)16-11-13-17(14-12-16)20(22)23-18-9-5-2-6-10-18/h1-14H. The van der Waals surface area contributed by atoms with Gasteiger partial charge in [-0.2, -0.15) is 0 Å². The lowest BCUT2D eigenvalue weighted by molar-refractivity contribution is 0.0734. The number of carbonyl (C=O) groups is 2. The van der Waals surface area contributed by atoms with Crippen LogP contribution in [-0.2, 0) is 0 Å². The summed E-state index contributed by atoms with van der Waals surface area (Å²) in [4.78, 5) is 24.4. The lowest BCUT2D eigenvalue weighted by atomic mass is 10.0. The summed E-state index contributed by atoms with van der Waals surface area (Å²) in [5.41, 5.74) is 1.55. The Morgan fingerprint density at radius 3 is 1.65 bits per heavy atom. The van der Waals surface area contributed by atoms with Gasteiger partial charge in [0.15, 0.2) is 5.78 Å². The molecule has 0 unspecified atom stereocenters. The summed E-state index contributed by atoms with van der Waals surface area (Å²) in [6.07, 6.45) is 0. The molecule has 0 aromatic heterocycles. The van der Waals surface area contributed by atoms with Gasteiger partial charge in [-0.25, -0.2) is 4.79 Å². The van der Waals surface area contributed by atoms with Crippen LogP contribution in [0, 0.1) is 0 Å². The van der Waals surface area contributed by atoms with Crippen LogP contribution in [0.15, 0.2) is 84.9 Å². The number of hydrogen-bond acceptors (Lipinski definition) is 3. The van der Waals surface area contributed by atoms with Gasteiger partial charge in [-0.15, -0.1) is 0 Å². The van der Waals surface area contributed by atoms with E-state index in [1.54, 1.807) is 60.7 Å². The van der Waals surface area contributed by atoms with Crippen molar-refractivity contribution in [1.82, 2.24) is 0 Å². The quantitative estimate of drug-likeness (QED) is 0.413. The van der Waals surface area contributed by atoms with Crippen LogP contribution in [-0.4, -0.2) is 11.8 Å². The van der Waals surface area contributed by atoms with Gasteiger partial charge in [0.05, 0.1) is 5.56 Å². The molecule has 0 aliphatic rings. The first-order valence-electron chi connectivity index (χ1n) is 7.21. The second-order valence-corrected chi connectivity index (χ2v) is 4.98. The summed E-state index contributed by atoms with van der Waals surface area (Å²) in [7, 11) is 0. The van der Waals surface area contributed by atoms with E-state index >= 15 is 0 Å². The predicted molar refractivity (Wildman–Crippen MR) is 87.7 cm³/mol. The molecular formula is C20H14O3. The Morgan fingerprint density at radius 2 is 1.04 bits per heavy atom. The van der Waals surface area contributed by atoms with Crippen LogP contribution in [0.3, 0.4) is 0 Å². The van der Waals surface area contributed by atoms with Gasteiger partial charge in [0.2, 0.25) is 0 Å². The Hall–Kier alpha value is -3.20. The van der Waals surface area contributed by atoms with Crippen molar-refractivity contribution in [3.63, 3.8) is 0 Å². The number of rotatable bonds is 4. The molecule has 0 aliphatic carbocycles. The maximum atomic E-state index is 12.3. The van der Waals surface area contributed by atoms with Crippen LogP contribution in [0.4, 0.5) is 0 Å². The summed E-state index contributed by atoms with van der Waals surface area (Å²) in [6.45, 7) is 0. The molecule has 3 nitrogen and oxygen atoms in total. The lowest BCUT2D eigenvalue weighted by Gasteiger charge is -2.05. The molecule has 0 heterocycles. The van der Waals surface area contributed by atoms with Gasteiger partial charge in [0, 0.05) is 11.1 Å². The van der Waals surface area contributed by atoms with E-state index in [9.17, 15) is 9.59 Å². The minimum absolute atomic E-state index is 0.0754. The average Bonchev–Trinajstić information content (AvgIpc) is 2.63. The van der Waals surface area contributed by atoms with Gasteiger partial charge in [0.25, 0.3) is 0 Å². The fourth-order valence-corrected chi connectivity index (χ4v) is 2.17. The van der Waals surface area contributed by atoms with Gasteiger partial charge >= 0.3 is 5.97 Å². The van der Waals surface area contributed by atoms with Crippen molar-refractivity contribution in [2.75, 3.05) is 0 Å². The van der Waals surface area contributed by atoms with Crippen LogP contribution >= 0.6 is 0 Å². The van der Waals surface area contributed by atoms with E-state index in [0.717, 1.165) is 0 Å². The molecule has 112 valence electrons. The van der Waals surface area contributed by atoms with Crippen molar-refractivity contribution in [2.24, 2.45) is 0 Å². The topological polar surface area (TPSA) is 43.4 Å².